The van der Waals surface area contributed by atoms with Crippen molar-refractivity contribution in [2.75, 3.05) is 0 Å². The van der Waals surface area contributed by atoms with E-state index in [0.29, 0.717) is 11.9 Å². The summed E-state index contributed by atoms with van der Waals surface area (Å²) in [5, 5.41) is 22.3. The number of fused-ring (bicyclic) bond motifs is 1. The lowest BCUT2D eigenvalue weighted by molar-refractivity contribution is -0.159. The van der Waals surface area contributed by atoms with Crippen molar-refractivity contribution in [2.24, 2.45) is 5.92 Å². The largest absolute Gasteiger partial charge is 0.458 e. The first-order chi connectivity index (χ1) is 10.3. The number of carbonyl (C=O) groups excluding carboxylic acids is 3. The lowest BCUT2D eigenvalue weighted by Crippen LogP contribution is -2.48. The smallest absolute Gasteiger partial charge is 0.334 e. The van der Waals surface area contributed by atoms with E-state index in [9.17, 15) is 24.6 Å². The van der Waals surface area contributed by atoms with Crippen molar-refractivity contribution < 1.29 is 29.3 Å². The summed E-state index contributed by atoms with van der Waals surface area (Å²) in [6.07, 6.45) is -1.16. The number of ether oxygens (including phenoxy) is 1. The minimum absolute atomic E-state index is 0.193. The minimum atomic E-state index is -0.811. The lowest BCUT2D eigenvalue weighted by atomic mass is 9.75. The molecule has 0 spiro atoms. The Balaban J connectivity index is 2.17. The van der Waals surface area contributed by atoms with Gasteiger partial charge in [0.25, 0.3) is 0 Å². The molecule has 0 aromatic rings. The number of esters is 1. The number of amides is 1. The zero-order valence-electron chi connectivity index (χ0n) is 12.6. The average Bonchev–Trinajstić information content (AvgIpc) is 2.42. The van der Waals surface area contributed by atoms with E-state index in [0.717, 1.165) is 0 Å². The third-order valence-corrected chi connectivity index (χ3v) is 4.24. The van der Waals surface area contributed by atoms with Gasteiger partial charge in [0.1, 0.15) is 12.4 Å². The molecule has 1 aliphatic carbocycles. The standard InChI is InChI=1S/C15H21NO6/c1-7(6-17)16-13(20)5-10-8(2)14-11(19)3-9(18)4-12(14)22-15(10)21/h6-7,9,11-12,14,18-19H,3-5H2,1-2H3,(H,16,20). The summed E-state index contributed by atoms with van der Waals surface area (Å²) in [5.41, 5.74) is 0.835. The van der Waals surface area contributed by atoms with Crippen LogP contribution in [0, 0.1) is 5.92 Å². The van der Waals surface area contributed by atoms with Crippen LogP contribution < -0.4 is 5.32 Å². The van der Waals surface area contributed by atoms with Gasteiger partial charge in [-0.15, -0.1) is 0 Å². The monoisotopic (exact) mass is 311 g/mol. The van der Waals surface area contributed by atoms with Crippen molar-refractivity contribution in [3.8, 4) is 0 Å². The molecule has 1 heterocycles. The third kappa shape index (κ3) is 3.36. The molecule has 0 saturated heterocycles. The van der Waals surface area contributed by atoms with Crippen molar-refractivity contribution in [1.82, 2.24) is 5.32 Å². The first kappa shape index (κ1) is 16.6. The van der Waals surface area contributed by atoms with E-state index >= 15 is 0 Å². The van der Waals surface area contributed by atoms with E-state index in [1.807, 2.05) is 0 Å². The third-order valence-electron chi connectivity index (χ3n) is 4.24. The van der Waals surface area contributed by atoms with Crippen molar-refractivity contribution in [3.05, 3.63) is 11.1 Å². The maximum atomic E-state index is 12.1. The highest BCUT2D eigenvalue weighted by atomic mass is 16.5. The number of aliphatic hydroxyl groups is 2. The molecule has 1 aliphatic heterocycles. The van der Waals surface area contributed by atoms with Gasteiger partial charge in [0.15, 0.2) is 0 Å². The predicted molar refractivity (Wildman–Crippen MR) is 75.6 cm³/mol. The fraction of sp³-hybridized carbons (Fsp3) is 0.667. The molecule has 0 bridgehead atoms. The van der Waals surface area contributed by atoms with Crippen LogP contribution in [0.25, 0.3) is 0 Å². The second-order valence-electron chi connectivity index (χ2n) is 5.99. The number of aliphatic hydroxyl groups excluding tert-OH is 2. The van der Waals surface area contributed by atoms with E-state index in [2.05, 4.69) is 5.32 Å². The van der Waals surface area contributed by atoms with Gasteiger partial charge in [0, 0.05) is 24.3 Å². The second-order valence-corrected chi connectivity index (χ2v) is 5.99. The molecule has 122 valence electrons. The number of aldehydes is 1. The van der Waals surface area contributed by atoms with Crippen LogP contribution in [-0.2, 0) is 19.1 Å². The van der Waals surface area contributed by atoms with Gasteiger partial charge >= 0.3 is 5.97 Å². The zero-order chi connectivity index (χ0) is 16.4. The summed E-state index contributed by atoms with van der Waals surface area (Å²) in [6.45, 7) is 3.23. The van der Waals surface area contributed by atoms with E-state index < -0.39 is 42.1 Å². The van der Waals surface area contributed by atoms with Crippen molar-refractivity contribution >= 4 is 18.2 Å². The summed E-state index contributed by atoms with van der Waals surface area (Å²) in [5.74, 6) is -1.45. The Morgan fingerprint density at radius 2 is 2.14 bits per heavy atom. The summed E-state index contributed by atoms with van der Waals surface area (Å²) in [6, 6.07) is -0.629. The fourth-order valence-corrected chi connectivity index (χ4v) is 3.15. The van der Waals surface area contributed by atoms with E-state index in [1.54, 1.807) is 6.92 Å². The molecule has 22 heavy (non-hydrogen) atoms. The summed E-state index contributed by atoms with van der Waals surface area (Å²) in [4.78, 5) is 34.5. The first-order valence-corrected chi connectivity index (χ1v) is 7.34. The van der Waals surface area contributed by atoms with Crippen molar-refractivity contribution in [1.29, 1.82) is 0 Å². The molecular formula is C15H21NO6. The van der Waals surface area contributed by atoms with E-state index in [-0.39, 0.29) is 24.8 Å². The van der Waals surface area contributed by atoms with Crippen LogP contribution in [0.1, 0.15) is 33.1 Å². The number of hydrogen-bond donors (Lipinski definition) is 3. The van der Waals surface area contributed by atoms with Gasteiger partial charge in [-0.25, -0.2) is 4.79 Å². The Hall–Kier alpha value is -1.73. The molecule has 0 aromatic heterocycles. The highest BCUT2D eigenvalue weighted by Gasteiger charge is 2.44. The van der Waals surface area contributed by atoms with Crippen LogP contribution in [0.2, 0.25) is 0 Å². The Kier molecular flexibility index (Phi) is 4.97. The van der Waals surface area contributed by atoms with Crippen LogP contribution in [0.3, 0.4) is 0 Å². The molecule has 7 heteroatoms. The van der Waals surface area contributed by atoms with Gasteiger partial charge in [0.2, 0.25) is 5.91 Å². The summed E-state index contributed by atoms with van der Waals surface area (Å²) in [7, 11) is 0. The first-order valence-electron chi connectivity index (χ1n) is 7.34. The molecule has 5 unspecified atom stereocenters. The Bertz CT molecular complexity index is 514. The maximum absolute atomic E-state index is 12.1. The molecule has 1 fully saturated rings. The number of hydrogen-bond acceptors (Lipinski definition) is 6. The SMILES string of the molecule is CC1=C(CC(=O)NC(C)C=O)C(=O)OC2CC(O)CC(O)C12. The van der Waals surface area contributed by atoms with E-state index in [1.165, 1.54) is 6.92 Å². The van der Waals surface area contributed by atoms with Gasteiger partial charge in [-0.05, 0) is 13.8 Å². The van der Waals surface area contributed by atoms with Crippen LogP contribution in [0.15, 0.2) is 11.1 Å². The van der Waals surface area contributed by atoms with Crippen molar-refractivity contribution in [3.63, 3.8) is 0 Å². The topological polar surface area (TPSA) is 113 Å². The van der Waals surface area contributed by atoms with Gasteiger partial charge < -0.3 is 25.1 Å². The molecule has 5 atom stereocenters. The summed E-state index contributed by atoms with van der Waals surface area (Å²) >= 11 is 0. The van der Waals surface area contributed by atoms with Crippen molar-refractivity contribution in [2.45, 2.75) is 57.5 Å². The molecule has 0 aromatic carbocycles. The molecule has 1 saturated carbocycles. The average molecular weight is 311 g/mol. The van der Waals surface area contributed by atoms with Gasteiger partial charge in [-0.3, -0.25) is 4.79 Å². The van der Waals surface area contributed by atoms with Gasteiger partial charge in [0.05, 0.1) is 24.7 Å². The fourth-order valence-electron chi connectivity index (χ4n) is 3.15. The molecule has 2 aliphatic rings. The Morgan fingerprint density at radius 3 is 2.77 bits per heavy atom. The number of rotatable bonds is 4. The molecule has 3 N–H and O–H groups in total. The van der Waals surface area contributed by atoms with Crippen LogP contribution in [0.5, 0.6) is 0 Å². The van der Waals surface area contributed by atoms with E-state index in [4.69, 9.17) is 4.74 Å². The lowest BCUT2D eigenvalue weighted by Gasteiger charge is -2.41. The molecule has 2 rings (SSSR count). The zero-order valence-corrected chi connectivity index (χ0v) is 12.6. The maximum Gasteiger partial charge on any atom is 0.334 e. The molecule has 0 radical (unpaired) electrons. The molecular weight excluding hydrogens is 290 g/mol. The van der Waals surface area contributed by atoms with Gasteiger partial charge in [-0.1, -0.05) is 5.57 Å². The molecule has 7 nitrogen and oxygen atoms in total. The van der Waals surface area contributed by atoms with Gasteiger partial charge in [-0.2, -0.15) is 0 Å². The summed E-state index contributed by atoms with van der Waals surface area (Å²) < 4.78 is 5.28. The van der Waals surface area contributed by atoms with Crippen LogP contribution >= 0.6 is 0 Å². The normalized spacial score (nSPS) is 32.8. The number of nitrogens with one attached hydrogen (secondary N) is 1. The quantitative estimate of drug-likeness (QED) is 0.474. The minimum Gasteiger partial charge on any atom is -0.458 e. The van der Waals surface area contributed by atoms with Crippen LogP contribution in [-0.4, -0.2) is 52.7 Å². The Labute approximate surface area is 128 Å². The Morgan fingerprint density at radius 1 is 1.45 bits per heavy atom. The van der Waals surface area contributed by atoms with Crippen LogP contribution in [0.4, 0.5) is 0 Å². The highest BCUT2D eigenvalue weighted by molar-refractivity contribution is 5.97. The number of carbonyl (C=O) groups is 3. The molecule has 1 amide bonds. The highest BCUT2D eigenvalue weighted by Crippen LogP contribution is 2.38. The second kappa shape index (κ2) is 6.58. The predicted octanol–water partition coefficient (Wildman–Crippen LogP) is -0.546.